The minimum atomic E-state index is -3.19. The Bertz CT molecular complexity index is 821. The Morgan fingerprint density at radius 3 is 2.55 bits per heavy atom. The van der Waals surface area contributed by atoms with Crippen molar-refractivity contribution in [1.82, 2.24) is 14.3 Å². The third kappa shape index (κ3) is 4.47. The smallest absolute Gasteiger partial charge is 0.230 e. The van der Waals surface area contributed by atoms with Gasteiger partial charge in [0, 0.05) is 37.2 Å². The molecule has 3 saturated heterocycles. The van der Waals surface area contributed by atoms with Crippen LogP contribution in [0, 0.1) is 5.92 Å². The summed E-state index contributed by atoms with van der Waals surface area (Å²) in [7, 11) is -1.23. The van der Waals surface area contributed by atoms with Gasteiger partial charge in [-0.1, -0.05) is 18.0 Å². The first-order valence-electron chi connectivity index (χ1n) is 10.4. The fourth-order valence-electron chi connectivity index (χ4n) is 4.59. The Hall–Kier alpha value is -1.16. The Labute approximate surface area is 177 Å². The standard InChI is InChI=1S/C19H29ClN4O4S/c1-3-29(25,26)24-14-5-4-6-15(24)8-16(7-14)23(2)19-21-17(20)9-18(22-19)28-12-13-10-27-11-13/h9,13-16H,3-8,10-12H2,1-2H3. The number of hydrogen-bond acceptors (Lipinski definition) is 7. The summed E-state index contributed by atoms with van der Waals surface area (Å²) in [5.74, 6) is 1.54. The van der Waals surface area contributed by atoms with E-state index >= 15 is 0 Å². The van der Waals surface area contributed by atoms with Crippen molar-refractivity contribution < 1.29 is 17.9 Å². The third-order valence-corrected chi connectivity index (χ3v) is 8.43. The fourth-order valence-corrected chi connectivity index (χ4v) is 6.35. The van der Waals surface area contributed by atoms with E-state index in [2.05, 4.69) is 9.97 Å². The maximum absolute atomic E-state index is 12.6. The predicted octanol–water partition coefficient (Wildman–Crippen LogP) is 2.33. The van der Waals surface area contributed by atoms with E-state index in [1.165, 1.54) is 0 Å². The minimum absolute atomic E-state index is 0.0495. The molecule has 0 saturated carbocycles. The van der Waals surface area contributed by atoms with Gasteiger partial charge >= 0.3 is 0 Å². The predicted molar refractivity (Wildman–Crippen MR) is 111 cm³/mol. The molecule has 3 fully saturated rings. The van der Waals surface area contributed by atoms with Crippen LogP contribution in [0.5, 0.6) is 5.88 Å². The van der Waals surface area contributed by atoms with Gasteiger partial charge in [-0.3, -0.25) is 0 Å². The summed E-state index contributed by atoms with van der Waals surface area (Å²) in [6.45, 7) is 3.70. The van der Waals surface area contributed by atoms with Crippen molar-refractivity contribution >= 4 is 27.6 Å². The molecule has 2 atom stereocenters. The number of nitrogens with zero attached hydrogens (tertiary/aromatic N) is 4. The Morgan fingerprint density at radius 1 is 1.28 bits per heavy atom. The topological polar surface area (TPSA) is 84.9 Å². The molecule has 4 heterocycles. The number of halogens is 1. The number of piperidine rings is 2. The molecule has 3 aliphatic rings. The van der Waals surface area contributed by atoms with Crippen molar-refractivity contribution in [1.29, 1.82) is 0 Å². The van der Waals surface area contributed by atoms with Crippen molar-refractivity contribution in [3.63, 3.8) is 0 Å². The lowest BCUT2D eigenvalue weighted by Crippen LogP contribution is -2.58. The quantitative estimate of drug-likeness (QED) is 0.596. The van der Waals surface area contributed by atoms with E-state index in [0.717, 1.165) is 32.1 Å². The lowest BCUT2D eigenvalue weighted by atomic mass is 9.83. The number of aromatic nitrogens is 2. The molecule has 8 nitrogen and oxygen atoms in total. The molecule has 4 rings (SSSR count). The van der Waals surface area contributed by atoms with E-state index in [9.17, 15) is 8.42 Å². The molecule has 3 aliphatic heterocycles. The first kappa shape index (κ1) is 21.1. The molecule has 2 unspecified atom stereocenters. The van der Waals surface area contributed by atoms with Crippen LogP contribution in [0.2, 0.25) is 5.15 Å². The van der Waals surface area contributed by atoms with E-state index < -0.39 is 10.0 Å². The average molecular weight is 445 g/mol. The van der Waals surface area contributed by atoms with Crippen LogP contribution >= 0.6 is 11.6 Å². The monoisotopic (exact) mass is 444 g/mol. The zero-order valence-corrected chi connectivity index (χ0v) is 18.5. The highest BCUT2D eigenvalue weighted by atomic mass is 35.5. The molecule has 0 amide bonds. The molecule has 2 bridgehead atoms. The van der Waals surface area contributed by atoms with Crippen molar-refractivity contribution in [3.05, 3.63) is 11.2 Å². The van der Waals surface area contributed by atoms with Gasteiger partial charge in [0.05, 0.1) is 25.6 Å². The summed E-state index contributed by atoms with van der Waals surface area (Å²) in [4.78, 5) is 11.0. The zero-order valence-electron chi connectivity index (χ0n) is 17.0. The normalized spacial score (nSPS) is 28.0. The van der Waals surface area contributed by atoms with E-state index in [1.807, 2.05) is 11.9 Å². The van der Waals surface area contributed by atoms with Crippen molar-refractivity contribution in [2.75, 3.05) is 37.5 Å². The van der Waals surface area contributed by atoms with Crippen molar-refractivity contribution in [3.8, 4) is 5.88 Å². The summed E-state index contributed by atoms with van der Waals surface area (Å²) in [6.07, 6.45) is 4.45. The highest BCUT2D eigenvalue weighted by Gasteiger charge is 2.45. The summed E-state index contributed by atoms with van der Waals surface area (Å²) in [5.41, 5.74) is 0. The molecule has 0 aromatic carbocycles. The van der Waals surface area contributed by atoms with Crippen LogP contribution in [0.1, 0.15) is 39.0 Å². The molecule has 0 radical (unpaired) electrons. The number of rotatable bonds is 7. The van der Waals surface area contributed by atoms with Crippen LogP contribution in [-0.2, 0) is 14.8 Å². The SMILES string of the molecule is CCS(=O)(=O)N1C2CCCC1CC(N(C)c1nc(Cl)cc(OCC3COC3)n1)C2. The van der Waals surface area contributed by atoms with Crippen LogP contribution in [0.3, 0.4) is 0 Å². The maximum atomic E-state index is 12.6. The molecule has 10 heteroatoms. The number of ether oxygens (including phenoxy) is 2. The van der Waals surface area contributed by atoms with Gasteiger partial charge in [-0.15, -0.1) is 0 Å². The third-order valence-electron chi connectivity index (χ3n) is 6.27. The van der Waals surface area contributed by atoms with Gasteiger partial charge < -0.3 is 14.4 Å². The van der Waals surface area contributed by atoms with E-state index in [-0.39, 0.29) is 23.9 Å². The molecule has 0 spiro atoms. The highest BCUT2D eigenvalue weighted by molar-refractivity contribution is 7.89. The van der Waals surface area contributed by atoms with E-state index in [0.29, 0.717) is 42.7 Å². The molecular weight excluding hydrogens is 416 g/mol. The van der Waals surface area contributed by atoms with E-state index in [1.54, 1.807) is 17.3 Å². The number of sulfonamides is 1. The Balaban J connectivity index is 1.48. The number of hydrogen-bond donors (Lipinski definition) is 0. The second-order valence-electron chi connectivity index (χ2n) is 8.25. The summed E-state index contributed by atoms with van der Waals surface area (Å²) >= 11 is 6.22. The van der Waals surface area contributed by atoms with Crippen LogP contribution in [0.15, 0.2) is 6.07 Å². The van der Waals surface area contributed by atoms with Gasteiger partial charge in [0.15, 0.2) is 0 Å². The lowest BCUT2D eigenvalue weighted by molar-refractivity contribution is -0.0514. The first-order chi connectivity index (χ1) is 13.9. The van der Waals surface area contributed by atoms with Crippen molar-refractivity contribution in [2.24, 2.45) is 5.92 Å². The fraction of sp³-hybridized carbons (Fsp3) is 0.789. The van der Waals surface area contributed by atoms with Gasteiger partial charge in [-0.25, -0.2) is 13.4 Å². The molecule has 1 aromatic rings. The second kappa shape index (κ2) is 8.53. The van der Waals surface area contributed by atoms with Gasteiger partial charge in [0.1, 0.15) is 5.15 Å². The van der Waals surface area contributed by atoms with Crippen LogP contribution < -0.4 is 9.64 Å². The van der Waals surface area contributed by atoms with Crippen LogP contribution in [0.25, 0.3) is 0 Å². The summed E-state index contributed by atoms with van der Waals surface area (Å²) in [6, 6.07) is 1.89. The number of fused-ring (bicyclic) bond motifs is 2. The largest absolute Gasteiger partial charge is 0.477 e. The second-order valence-corrected chi connectivity index (χ2v) is 10.8. The minimum Gasteiger partial charge on any atom is -0.477 e. The number of anilines is 1. The highest BCUT2D eigenvalue weighted by Crippen LogP contribution is 2.38. The lowest BCUT2D eigenvalue weighted by Gasteiger charge is -2.49. The van der Waals surface area contributed by atoms with Gasteiger partial charge in [0.2, 0.25) is 21.9 Å². The first-order valence-corrected chi connectivity index (χ1v) is 12.3. The molecule has 0 N–H and O–H groups in total. The molecule has 1 aromatic heterocycles. The van der Waals surface area contributed by atoms with E-state index in [4.69, 9.17) is 21.1 Å². The zero-order chi connectivity index (χ0) is 20.6. The molecular formula is C19H29ClN4O4S. The van der Waals surface area contributed by atoms with Gasteiger partial charge in [0.25, 0.3) is 0 Å². The molecule has 29 heavy (non-hydrogen) atoms. The van der Waals surface area contributed by atoms with Crippen LogP contribution in [-0.4, -0.2) is 73.4 Å². The molecule has 162 valence electrons. The summed E-state index contributed by atoms with van der Waals surface area (Å²) < 4.78 is 38.0. The molecule has 0 aliphatic carbocycles. The average Bonchev–Trinajstić information content (AvgIpc) is 2.64. The van der Waals surface area contributed by atoms with Gasteiger partial charge in [-0.05, 0) is 32.6 Å². The van der Waals surface area contributed by atoms with Crippen LogP contribution in [0.4, 0.5) is 5.95 Å². The maximum Gasteiger partial charge on any atom is 0.230 e. The van der Waals surface area contributed by atoms with Gasteiger partial charge in [-0.2, -0.15) is 9.29 Å². The van der Waals surface area contributed by atoms with Crippen molar-refractivity contribution in [2.45, 2.75) is 57.2 Å². The Morgan fingerprint density at radius 2 is 1.97 bits per heavy atom. The summed E-state index contributed by atoms with van der Waals surface area (Å²) in [5, 5.41) is 0.341. The Kier molecular flexibility index (Phi) is 6.20.